The lowest BCUT2D eigenvalue weighted by Gasteiger charge is -2.32. The van der Waals surface area contributed by atoms with Crippen LogP contribution in [0.5, 0.6) is 0 Å². The van der Waals surface area contributed by atoms with Gasteiger partial charge < -0.3 is 9.88 Å². The molecular formula is C25H23FN6O. The topological polar surface area (TPSA) is 87.7 Å². The SMILES string of the molecule is O=C(c1ccnc(Cc2cccc(F)c2)c1)N1CCCC(c2cncc(-c3ncc[nH]3)n2)C1. The Hall–Kier alpha value is -3.94. The number of piperidine rings is 1. The molecule has 0 aliphatic carbocycles. The average Bonchev–Trinajstić information content (AvgIpc) is 3.39. The largest absolute Gasteiger partial charge is 0.343 e. The van der Waals surface area contributed by atoms with Crippen LogP contribution < -0.4 is 0 Å². The molecule has 0 bridgehead atoms. The van der Waals surface area contributed by atoms with E-state index in [4.69, 9.17) is 4.98 Å². The Kier molecular flexibility index (Phi) is 5.89. The van der Waals surface area contributed by atoms with Crippen LogP contribution in [0.3, 0.4) is 0 Å². The summed E-state index contributed by atoms with van der Waals surface area (Å²) < 4.78 is 13.5. The van der Waals surface area contributed by atoms with Crippen molar-refractivity contribution in [3.05, 3.63) is 95.7 Å². The van der Waals surface area contributed by atoms with Crippen LogP contribution in [0.1, 0.15) is 46.1 Å². The van der Waals surface area contributed by atoms with E-state index in [0.717, 1.165) is 29.8 Å². The number of carbonyl (C=O) groups excluding carboxylic acids is 1. The fourth-order valence-corrected chi connectivity index (χ4v) is 4.25. The highest BCUT2D eigenvalue weighted by molar-refractivity contribution is 5.94. The van der Waals surface area contributed by atoms with Gasteiger partial charge in [-0.3, -0.25) is 14.8 Å². The Labute approximate surface area is 190 Å². The Morgan fingerprint density at radius 3 is 2.94 bits per heavy atom. The molecular weight excluding hydrogens is 419 g/mol. The summed E-state index contributed by atoms with van der Waals surface area (Å²) in [7, 11) is 0. The van der Waals surface area contributed by atoms with Crippen molar-refractivity contribution in [2.75, 3.05) is 13.1 Å². The molecule has 4 heterocycles. The van der Waals surface area contributed by atoms with Crippen molar-refractivity contribution in [2.24, 2.45) is 0 Å². The maximum atomic E-state index is 13.5. The molecule has 1 unspecified atom stereocenters. The van der Waals surface area contributed by atoms with Crippen LogP contribution in [-0.2, 0) is 6.42 Å². The van der Waals surface area contributed by atoms with Crippen LogP contribution in [-0.4, -0.2) is 48.8 Å². The number of hydrogen-bond donors (Lipinski definition) is 1. The molecule has 3 aromatic heterocycles. The lowest BCUT2D eigenvalue weighted by Crippen LogP contribution is -2.39. The van der Waals surface area contributed by atoms with Gasteiger partial charge in [-0.05, 0) is 42.7 Å². The van der Waals surface area contributed by atoms with Gasteiger partial charge in [-0.1, -0.05) is 12.1 Å². The maximum absolute atomic E-state index is 13.5. The van der Waals surface area contributed by atoms with E-state index in [9.17, 15) is 9.18 Å². The number of benzene rings is 1. The van der Waals surface area contributed by atoms with Crippen molar-refractivity contribution in [3.8, 4) is 11.5 Å². The number of aromatic amines is 1. The predicted octanol–water partition coefficient (Wildman–Crippen LogP) is 4.01. The van der Waals surface area contributed by atoms with E-state index in [2.05, 4.69) is 19.9 Å². The number of H-pyrrole nitrogens is 1. The summed E-state index contributed by atoms with van der Waals surface area (Å²) in [6.45, 7) is 1.28. The molecule has 166 valence electrons. The lowest BCUT2D eigenvalue weighted by atomic mass is 9.94. The van der Waals surface area contributed by atoms with Crippen LogP contribution in [0.2, 0.25) is 0 Å². The zero-order chi connectivity index (χ0) is 22.6. The molecule has 4 aromatic rings. The highest BCUT2D eigenvalue weighted by Crippen LogP contribution is 2.27. The average molecular weight is 442 g/mol. The fraction of sp³-hybridized carbons (Fsp3) is 0.240. The number of carbonyl (C=O) groups is 1. The van der Waals surface area contributed by atoms with Crippen molar-refractivity contribution >= 4 is 5.91 Å². The van der Waals surface area contributed by atoms with Gasteiger partial charge in [0.1, 0.15) is 11.5 Å². The molecule has 1 N–H and O–H groups in total. The second-order valence-corrected chi connectivity index (χ2v) is 8.20. The number of halogens is 1. The van der Waals surface area contributed by atoms with Crippen LogP contribution in [0.15, 0.2) is 67.4 Å². The number of likely N-dealkylation sites (tertiary alicyclic amines) is 1. The molecule has 1 aliphatic heterocycles. The van der Waals surface area contributed by atoms with Crippen molar-refractivity contribution in [1.82, 2.24) is 29.8 Å². The first-order valence-electron chi connectivity index (χ1n) is 11.0. The maximum Gasteiger partial charge on any atom is 0.253 e. The molecule has 33 heavy (non-hydrogen) atoms. The number of rotatable bonds is 5. The van der Waals surface area contributed by atoms with E-state index in [-0.39, 0.29) is 17.6 Å². The van der Waals surface area contributed by atoms with Crippen LogP contribution in [0.25, 0.3) is 11.5 Å². The van der Waals surface area contributed by atoms with Gasteiger partial charge in [0.2, 0.25) is 0 Å². The number of nitrogens with zero attached hydrogens (tertiary/aromatic N) is 5. The number of amides is 1. The van der Waals surface area contributed by atoms with Gasteiger partial charge in [0.15, 0.2) is 5.82 Å². The normalized spacial score (nSPS) is 16.0. The second-order valence-electron chi connectivity index (χ2n) is 8.20. The van der Waals surface area contributed by atoms with Crippen molar-refractivity contribution in [3.63, 3.8) is 0 Å². The summed E-state index contributed by atoms with van der Waals surface area (Å²) in [5.41, 5.74) is 3.70. The summed E-state index contributed by atoms with van der Waals surface area (Å²) in [5, 5.41) is 0. The van der Waals surface area contributed by atoms with Crippen molar-refractivity contribution < 1.29 is 9.18 Å². The molecule has 1 amide bonds. The van der Waals surface area contributed by atoms with Crippen LogP contribution >= 0.6 is 0 Å². The van der Waals surface area contributed by atoms with E-state index >= 15 is 0 Å². The predicted molar refractivity (Wildman–Crippen MR) is 121 cm³/mol. The highest BCUT2D eigenvalue weighted by Gasteiger charge is 2.27. The summed E-state index contributed by atoms with van der Waals surface area (Å²) in [6.07, 6.45) is 10.8. The number of aromatic nitrogens is 5. The number of hydrogen-bond acceptors (Lipinski definition) is 5. The van der Waals surface area contributed by atoms with Gasteiger partial charge in [0.25, 0.3) is 5.91 Å². The molecule has 0 spiro atoms. The van der Waals surface area contributed by atoms with Gasteiger partial charge in [-0.2, -0.15) is 0 Å². The smallest absolute Gasteiger partial charge is 0.253 e. The minimum atomic E-state index is -0.279. The fourth-order valence-electron chi connectivity index (χ4n) is 4.25. The van der Waals surface area contributed by atoms with Gasteiger partial charge in [0.05, 0.1) is 11.9 Å². The van der Waals surface area contributed by atoms with Crippen LogP contribution in [0, 0.1) is 5.82 Å². The Morgan fingerprint density at radius 1 is 1.15 bits per heavy atom. The molecule has 0 saturated carbocycles. The Balaban J connectivity index is 1.31. The molecule has 1 atom stereocenters. The lowest BCUT2D eigenvalue weighted by molar-refractivity contribution is 0.0705. The quantitative estimate of drug-likeness (QED) is 0.505. The highest BCUT2D eigenvalue weighted by atomic mass is 19.1. The summed E-state index contributed by atoms with van der Waals surface area (Å²) >= 11 is 0. The third-order valence-corrected chi connectivity index (χ3v) is 5.86. The second kappa shape index (κ2) is 9.28. The number of nitrogens with one attached hydrogen (secondary N) is 1. The van der Waals surface area contributed by atoms with Crippen LogP contribution in [0.4, 0.5) is 4.39 Å². The molecule has 8 heteroatoms. The van der Waals surface area contributed by atoms with Gasteiger partial charge in [-0.25, -0.2) is 14.4 Å². The molecule has 1 fully saturated rings. The minimum Gasteiger partial charge on any atom is -0.343 e. The molecule has 7 nitrogen and oxygen atoms in total. The standard InChI is InChI=1S/C25H23FN6O/c26-20-5-1-3-17(11-20)12-21-13-18(6-7-28-21)25(33)32-10-2-4-19(16-32)22-14-27-15-23(31-22)24-29-8-9-30-24/h1,3,5-9,11,13-15,19H,2,4,10,12,16H2,(H,29,30). The molecule has 5 rings (SSSR count). The molecule has 0 radical (unpaired) electrons. The molecule has 1 saturated heterocycles. The third-order valence-electron chi connectivity index (χ3n) is 5.86. The summed E-state index contributed by atoms with van der Waals surface area (Å²) in [4.78, 5) is 35.9. The van der Waals surface area contributed by atoms with Gasteiger partial charge >= 0.3 is 0 Å². The summed E-state index contributed by atoms with van der Waals surface area (Å²) in [6, 6.07) is 9.97. The van der Waals surface area contributed by atoms with E-state index < -0.39 is 0 Å². The zero-order valence-corrected chi connectivity index (χ0v) is 18.0. The molecule has 1 aromatic carbocycles. The minimum absolute atomic E-state index is 0.0299. The van der Waals surface area contributed by atoms with E-state index in [1.807, 2.05) is 11.0 Å². The summed E-state index contributed by atoms with van der Waals surface area (Å²) in [5.74, 6) is 0.477. The first-order valence-corrected chi connectivity index (χ1v) is 11.0. The van der Waals surface area contributed by atoms with E-state index in [1.165, 1.54) is 12.1 Å². The number of pyridine rings is 1. The van der Waals surface area contributed by atoms with Crippen molar-refractivity contribution in [1.29, 1.82) is 0 Å². The van der Waals surface area contributed by atoms with E-state index in [1.54, 1.807) is 49.2 Å². The van der Waals surface area contributed by atoms with E-state index in [0.29, 0.717) is 36.6 Å². The van der Waals surface area contributed by atoms with Crippen molar-refractivity contribution in [2.45, 2.75) is 25.2 Å². The Morgan fingerprint density at radius 2 is 2.09 bits per heavy atom. The monoisotopic (exact) mass is 442 g/mol. The number of imidazole rings is 1. The first-order chi connectivity index (χ1) is 16.2. The zero-order valence-electron chi connectivity index (χ0n) is 18.0. The van der Waals surface area contributed by atoms with Gasteiger partial charge in [-0.15, -0.1) is 0 Å². The third kappa shape index (κ3) is 4.79. The molecule has 1 aliphatic rings. The Bertz CT molecular complexity index is 1260. The first kappa shape index (κ1) is 20.9. The van der Waals surface area contributed by atoms with Gasteiger partial charge in [0, 0.05) is 61.5 Å².